The number of methoxy groups -OCH3 is 1. The molecule has 0 bridgehead atoms. The van der Waals surface area contributed by atoms with Gasteiger partial charge in [-0.15, -0.1) is 0 Å². The van der Waals surface area contributed by atoms with Crippen molar-refractivity contribution < 1.29 is 28.8 Å². The maximum atomic E-state index is 12.4. The predicted molar refractivity (Wildman–Crippen MR) is 116 cm³/mol. The highest BCUT2D eigenvalue weighted by Crippen LogP contribution is 2.30. The van der Waals surface area contributed by atoms with E-state index >= 15 is 0 Å². The standard InChI is InChI=1S/C21H20ClN3O7/c1-12-3-4-14(8-16(12)22)24-10-13(7-20(24)27)21(28)32-11-19(26)23-17-9-15(31-2)5-6-18(17)25(29)30/h3-6,8-9,13H,7,10-11H2,1-2H3,(H,23,26)/t13-/m0/s1. The predicted octanol–water partition coefficient (Wildman–Crippen LogP) is 3.10. The van der Waals surface area contributed by atoms with Gasteiger partial charge >= 0.3 is 5.97 Å². The molecule has 1 aliphatic rings. The molecule has 2 aromatic rings. The van der Waals surface area contributed by atoms with Crippen LogP contribution >= 0.6 is 11.6 Å². The molecule has 0 spiro atoms. The summed E-state index contributed by atoms with van der Waals surface area (Å²) in [6.45, 7) is 1.28. The number of anilines is 2. The van der Waals surface area contributed by atoms with Crippen LogP contribution in [-0.4, -0.2) is 43.0 Å². The van der Waals surface area contributed by atoms with Gasteiger partial charge in [0.2, 0.25) is 5.91 Å². The van der Waals surface area contributed by atoms with E-state index in [0.717, 1.165) is 5.56 Å². The molecule has 0 aromatic heterocycles. The third kappa shape index (κ3) is 5.14. The number of hydrogen-bond donors (Lipinski definition) is 1. The van der Waals surface area contributed by atoms with Crippen molar-refractivity contribution in [3.63, 3.8) is 0 Å². The molecule has 168 valence electrons. The maximum Gasteiger partial charge on any atom is 0.311 e. The number of nitro groups is 1. The minimum absolute atomic E-state index is 0.0622. The van der Waals surface area contributed by atoms with Gasteiger partial charge in [-0.1, -0.05) is 17.7 Å². The van der Waals surface area contributed by atoms with Crippen molar-refractivity contribution in [2.45, 2.75) is 13.3 Å². The third-order valence-corrected chi connectivity index (χ3v) is 5.35. The zero-order chi connectivity index (χ0) is 23.4. The molecule has 2 aromatic carbocycles. The third-order valence-electron chi connectivity index (χ3n) is 4.95. The van der Waals surface area contributed by atoms with Crippen LogP contribution in [0.4, 0.5) is 17.1 Å². The van der Waals surface area contributed by atoms with Crippen molar-refractivity contribution in [3.05, 3.63) is 57.1 Å². The molecular weight excluding hydrogens is 442 g/mol. The molecule has 10 nitrogen and oxygen atoms in total. The Bertz CT molecular complexity index is 1090. The molecule has 0 unspecified atom stereocenters. The van der Waals surface area contributed by atoms with Crippen LogP contribution in [0.15, 0.2) is 36.4 Å². The minimum atomic E-state index is -0.763. The largest absolute Gasteiger partial charge is 0.497 e. The van der Waals surface area contributed by atoms with E-state index in [-0.39, 0.29) is 30.2 Å². The van der Waals surface area contributed by atoms with Gasteiger partial charge in [-0.2, -0.15) is 0 Å². The summed E-state index contributed by atoms with van der Waals surface area (Å²) < 4.78 is 10.0. The maximum absolute atomic E-state index is 12.4. The van der Waals surface area contributed by atoms with E-state index in [1.165, 1.54) is 30.2 Å². The van der Waals surface area contributed by atoms with E-state index in [0.29, 0.717) is 16.5 Å². The lowest BCUT2D eigenvalue weighted by atomic mass is 10.1. The quantitative estimate of drug-likeness (QED) is 0.381. The first kappa shape index (κ1) is 23.0. The number of rotatable bonds is 7. The summed E-state index contributed by atoms with van der Waals surface area (Å²) in [6.07, 6.45) is -0.0622. The van der Waals surface area contributed by atoms with E-state index in [1.807, 2.05) is 6.92 Å². The Morgan fingerprint density at radius 1 is 1.28 bits per heavy atom. The molecule has 32 heavy (non-hydrogen) atoms. The Morgan fingerprint density at radius 3 is 2.69 bits per heavy atom. The topological polar surface area (TPSA) is 128 Å². The minimum Gasteiger partial charge on any atom is -0.497 e. The first-order valence-corrected chi connectivity index (χ1v) is 9.93. The Morgan fingerprint density at radius 2 is 2.03 bits per heavy atom. The van der Waals surface area contributed by atoms with Crippen LogP contribution in [0.5, 0.6) is 5.75 Å². The molecule has 3 rings (SSSR count). The van der Waals surface area contributed by atoms with Crippen LogP contribution < -0.4 is 15.0 Å². The van der Waals surface area contributed by atoms with Crippen LogP contribution in [0, 0.1) is 23.0 Å². The summed E-state index contributed by atoms with van der Waals surface area (Å²) in [7, 11) is 1.38. The molecule has 1 aliphatic heterocycles. The molecule has 0 aliphatic carbocycles. The molecule has 1 saturated heterocycles. The highest BCUT2D eigenvalue weighted by Gasteiger charge is 2.36. The van der Waals surface area contributed by atoms with Gasteiger partial charge in [0.05, 0.1) is 18.0 Å². The number of nitrogens with one attached hydrogen (secondary N) is 1. The smallest absolute Gasteiger partial charge is 0.311 e. The molecule has 11 heteroatoms. The SMILES string of the molecule is COc1ccc([N+](=O)[O-])c(NC(=O)COC(=O)[C@H]2CC(=O)N(c3ccc(C)c(Cl)c3)C2)c1. The normalized spacial score (nSPS) is 15.4. The molecular formula is C21H20ClN3O7. The van der Waals surface area contributed by atoms with Crippen LogP contribution in [-0.2, 0) is 19.1 Å². The van der Waals surface area contributed by atoms with E-state index in [4.69, 9.17) is 21.1 Å². The second kappa shape index (κ2) is 9.65. The number of carbonyl (C=O) groups is 3. The van der Waals surface area contributed by atoms with Crippen molar-refractivity contribution >= 4 is 46.4 Å². The van der Waals surface area contributed by atoms with Gasteiger partial charge in [-0.05, 0) is 30.7 Å². The summed E-state index contributed by atoms with van der Waals surface area (Å²) >= 11 is 6.12. The van der Waals surface area contributed by atoms with Crippen LogP contribution in [0.25, 0.3) is 0 Å². The van der Waals surface area contributed by atoms with Crippen LogP contribution in [0.2, 0.25) is 5.02 Å². The number of ether oxygens (including phenoxy) is 2. The molecule has 0 saturated carbocycles. The Balaban J connectivity index is 1.59. The van der Waals surface area contributed by atoms with Crippen molar-refractivity contribution in [1.82, 2.24) is 0 Å². The molecule has 1 N–H and O–H groups in total. The number of aryl methyl sites for hydroxylation is 1. The fourth-order valence-corrected chi connectivity index (χ4v) is 3.38. The molecule has 2 amide bonds. The number of nitrogens with zero attached hydrogens (tertiary/aromatic N) is 2. The first-order valence-electron chi connectivity index (χ1n) is 9.55. The molecule has 0 radical (unpaired) electrons. The van der Waals surface area contributed by atoms with Gasteiger partial charge in [0.15, 0.2) is 6.61 Å². The second-order valence-corrected chi connectivity index (χ2v) is 7.54. The van der Waals surface area contributed by atoms with E-state index in [2.05, 4.69) is 5.32 Å². The fourth-order valence-electron chi connectivity index (χ4n) is 3.21. The average Bonchev–Trinajstić information content (AvgIpc) is 3.15. The zero-order valence-electron chi connectivity index (χ0n) is 17.3. The van der Waals surface area contributed by atoms with Gasteiger partial charge in [-0.25, -0.2) is 0 Å². The lowest BCUT2D eigenvalue weighted by Crippen LogP contribution is -2.28. The highest BCUT2D eigenvalue weighted by atomic mass is 35.5. The number of halogens is 1. The van der Waals surface area contributed by atoms with Crippen LogP contribution in [0.3, 0.4) is 0 Å². The Labute approximate surface area is 188 Å². The van der Waals surface area contributed by atoms with Gasteiger partial charge in [0.25, 0.3) is 11.6 Å². The summed E-state index contributed by atoms with van der Waals surface area (Å²) in [4.78, 5) is 48.8. The van der Waals surface area contributed by atoms with E-state index in [9.17, 15) is 24.5 Å². The lowest BCUT2D eigenvalue weighted by molar-refractivity contribution is -0.383. The molecule has 1 heterocycles. The fraction of sp³-hybridized carbons (Fsp3) is 0.286. The molecule has 1 fully saturated rings. The summed E-state index contributed by atoms with van der Waals surface area (Å²) in [5, 5.41) is 14.0. The van der Waals surface area contributed by atoms with Crippen LogP contribution in [0.1, 0.15) is 12.0 Å². The average molecular weight is 462 g/mol. The van der Waals surface area contributed by atoms with Crippen molar-refractivity contribution in [3.8, 4) is 5.75 Å². The number of carbonyl (C=O) groups excluding carboxylic acids is 3. The van der Waals surface area contributed by atoms with E-state index in [1.54, 1.807) is 18.2 Å². The number of hydrogen-bond acceptors (Lipinski definition) is 7. The lowest BCUT2D eigenvalue weighted by Gasteiger charge is -2.17. The van der Waals surface area contributed by atoms with Crippen molar-refractivity contribution in [2.24, 2.45) is 5.92 Å². The van der Waals surface area contributed by atoms with Gasteiger partial charge in [0.1, 0.15) is 11.4 Å². The number of amides is 2. The second-order valence-electron chi connectivity index (χ2n) is 7.13. The zero-order valence-corrected chi connectivity index (χ0v) is 18.0. The van der Waals surface area contributed by atoms with Crippen molar-refractivity contribution in [1.29, 1.82) is 0 Å². The first-order chi connectivity index (χ1) is 15.2. The number of esters is 1. The van der Waals surface area contributed by atoms with Gasteiger partial charge < -0.3 is 19.7 Å². The Kier molecular flexibility index (Phi) is 6.94. The van der Waals surface area contributed by atoms with Crippen molar-refractivity contribution in [2.75, 3.05) is 30.5 Å². The van der Waals surface area contributed by atoms with Gasteiger partial charge in [-0.3, -0.25) is 24.5 Å². The highest BCUT2D eigenvalue weighted by molar-refractivity contribution is 6.31. The number of nitro benzene ring substituents is 1. The van der Waals surface area contributed by atoms with E-state index < -0.39 is 29.3 Å². The Hall–Kier alpha value is -3.66. The van der Waals surface area contributed by atoms with Gasteiger partial charge in [0, 0.05) is 35.8 Å². The summed E-state index contributed by atoms with van der Waals surface area (Å²) in [5.41, 5.74) is 1.01. The summed E-state index contributed by atoms with van der Waals surface area (Å²) in [5.74, 6) is -2.18. The number of benzene rings is 2. The molecule has 1 atom stereocenters. The monoisotopic (exact) mass is 461 g/mol. The summed E-state index contributed by atoms with van der Waals surface area (Å²) in [6, 6.07) is 9.03.